The number of hydrogen-bond donors (Lipinski definition) is 1. The van der Waals surface area contributed by atoms with Gasteiger partial charge in [-0.05, 0) is 18.2 Å². The lowest BCUT2D eigenvalue weighted by atomic mass is 10.1. The van der Waals surface area contributed by atoms with Gasteiger partial charge in [0.25, 0.3) is 5.91 Å². The molecule has 1 amide bonds. The van der Waals surface area contributed by atoms with E-state index in [1.165, 1.54) is 18.3 Å². The molecule has 0 spiro atoms. The molecule has 7 heteroatoms. The molecule has 7 nitrogen and oxygen atoms in total. The van der Waals surface area contributed by atoms with Crippen LogP contribution >= 0.6 is 0 Å². The van der Waals surface area contributed by atoms with E-state index >= 15 is 0 Å². The SMILES string of the molecule is O=C(c1ccccc1)N1CC(Nc2ncccc2[N+](=O)[O-])C1. The van der Waals surface area contributed by atoms with E-state index in [-0.39, 0.29) is 23.5 Å². The summed E-state index contributed by atoms with van der Waals surface area (Å²) in [5.74, 6) is 0.207. The molecule has 0 unspecified atom stereocenters. The highest BCUT2D eigenvalue weighted by Crippen LogP contribution is 2.24. The minimum Gasteiger partial charge on any atom is -0.358 e. The zero-order chi connectivity index (χ0) is 15.5. The summed E-state index contributed by atoms with van der Waals surface area (Å²) in [6.07, 6.45) is 1.50. The summed E-state index contributed by atoms with van der Waals surface area (Å²) in [5, 5.41) is 13.9. The number of aromatic nitrogens is 1. The molecule has 1 fully saturated rings. The van der Waals surface area contributed by atoms with Gasteiger partial charge in [0.2, 0.25) is 5.82 Å². The topological polar surface area (TPSA) is 88.4 Å². The van der Waals surface area contributed by atoms with Gasteiger partial charge in [-0.15, -0.1) is 0 Å². The Morgan fingerprint density at radius 3 is 2.64 bits per heavy atom. The third-order valence-corrected chi connectivity index (χ3v) is 3.51. The Bertz CT molecular complexity index is 699. The van der Waals surface area contributed by atoms with Crippen molar-refractivity contribution in [1.82, 2.24) is 9.88 Å². The molecular weight excluding hydrogens is 284 g/mol. The summed E-state index contributed by atoms with van der Waals surface area (Å²) in [7, 11) is 0. The van der Waals surface area contributed by atoms with Crippen LogP contribution in [0.5, 0.6) is 0 Å². The number of hydrogen-bond acceptors (Lipinski definition) is 5. The molecule has 22 heavy (non-hydrogen) atoms. The van der Waals surface area contributed by atoms with Crippen molar-refractivity contribution in [3.05, 3.63) is 64.3 Å². The molecule has 0 saturated carbocycles. The van der Waals surface area contributed by atoms with Crippen molar-refractivity contribution in [3.63, 3.8) is 0 Å². The van der Waals surface area contributed by atoms with Gasteiger partial charge in [-0.3, -0.25) is 14.9 Å². The maximum Gasteiger partial charge on any atom is 0.311 e. The summed E-state index contributed by atoms with van der Waals surface area (Å²) in [6.45, 7) is 1.00. The Kier molecular flexibility index (Phi) is 3.69. The second kappa shape index (κ2) is 5.80. The quantitative estimate of drug-likeness (QED) is 0.688. The van der Waals surface area contributed by atoms with Crippen LogP contribution < -0.4 is 5.32 Å². The maximum absolute atomic E-state index is 12.2. The highest BCUT2D eigenvalue weighted by atomic mass is 16.6. The Balaban J connectivity index is 1.61. The van der Waals surface area contributed by atoms with Crippen molar-refractivity contribution in [1.29, 1.82) is 0 Å². The molecule has 1 aliphatic heterocycles. The van der Waals surface area contributed by atoms with Gasteiger partial charge in [0.1, 0.15) is 0 Å². The molecule has 3 rings (SSSR count). The molecule has 0 radical (unpaired) electrons. The van der Waals surface area contributed by atoms with Gasteiger partial charge in [-0.1, -0.05) is 18.2 Å². The minimum absolute atomic E-state index is 0.0266. The van der Waals surface area contributed by atoms with Crippen molar-refractivity contribution in [3.8, 4) is 0 Å². The van der Waals surface area contributed by atoms with Crippen LogP contribution in [0.3, 0.4) is 0 Å². The van der Waals surface area contributed by atoms with E-state index in [0.717, 1.165) is 0 Å². The van der Waals surface area contributed by atoms with Crippen LogP contribution in [-0.4, -0.2) is 39.8 Å². The minimum atomic E-state index is -0.471. The van der Waals surface area contributed by atoms with Gasteiger partial charge < -0.3 is 10.2 Å². The number of likely N-dealkylation sites (tertiary alicyclic amines) is 1. The van der Waals surface area contributed by atoms with Crippen LogP contribution in [0.1, 0.15) is 10.4 Å². The predicted octanol–water partition coefficient (Wildman–Crippen LogP) is 1.93. The Labute approximate surface area is 126 Å². The average Bonchev–Trinajstić information content (AvgIpc) is 2.51. The highest BCUT2D eigenvalue weighted by Gasteiger charge is 2.32. The Morgan fingerprint density at radius 1 is 1.23 bits per heavy atom. The van der Waals surface area contributed by atoms with E-state index in [4.69, 9.17) is 0 Å². The van der Waals surface area contributed by atoms with E-state index in [2.05, 4.69) is 10.3 Å². The second-order valence-electron chi connectivity index (χ2n) is 5.05. The number of amides is 1. The van der Waals surface area contributed by atoms with Crippen LogP contribution in [-0.2, 0) is 0 Å². The Morgan fingerprint density at radius 2 is 1.95 bits per heavy atom. The molecule has 1 aromatic carbocycles. The number of nitrogens with one attached hydrogen (secondary N) is 1. The van der Waals surface area contributed by atoms with Crippen molar-refractivity contribution in [2.75, 3.05) is 18.4 Å². The van der Waals surface area contributed by atoms with Gasteiger partial charge in [0.15, 0.2) is 0 Å². The molecule has 112 valence electrons. The molecule has 0 aliphatic carbocycles. The zero-order valence-corrected chi connectivity index (χ0v) is 11.7. The van der Waals surface area contributed by atoms with E-state index in [0.29, 0.717) is 18.7 Å². The van der Waals surface area contributed by atoms with Gasteiger partial charge in [-0.25, -0.2) is 4.98 Å². The molecular formula is C15H14N4O3. The van der Waals surface area contributed by atoms with Crippen molar-refractivity contribution >= 4 is 17.4 Å². The third kappa shape index (κ3) is 2.73. The third-order valence-electron chi connectivity index (χ3n) is 3.51. The van der Waals surface area contributed by atoms with Crippen molar-refractivity contribution in [2.24, 2.45) is 0 Å². The van der Waals surface area contributed by atoms with E-state index in [1.54, 1.807) is 17.0 Å². The number of benzene rings is 1. The van der Waals surface area contributed by atoms with Crippen LogP contribution in [0, 0.1) is 10.1 Å². The first-order valence-corrected chi connectivity index (χ1v) is 6.85. The summed E-state index contributed by atoms with van der Waals surface area (Å²) >= 11 is 0. The van der Waals surface area contributed by atoms with Crippen LogP contribution in [0.4, 0.5) is 11.5 Å². The normalized spacial score (nSPS) is 14.3. The fraction of sp³-hybridized carbons (Fsp3) is 0.200. The zero-order valence-electron chi connectivity index (χ0n) is 11.7. The first-order chi connectivity index (χ1) is 10.6. The van der Waals surface area contributed by atoms with Gasteiger partial charge in [0.05, 0.1) is 11.0 Å². The molecule has 0 bridgehead atoms. The Hall–Kier alpha value is -2.96. The molecule has 1 aromatic heterocycles. The number of carbonyl (C=O) groups excluding carboxylic acids is 1. The fourth-order valence-corrected chi connectivity index (χ4v) is 2.35. The number of carbonyl (C=O) groups is 1. The van der Waals surface area contributed by atoms with Crippen molar-refractivity contribution in [2.45, 2.75) is 6.04 Å². The number of rotatable bonds is 4. The number of nitro groups is 1. The highest BCUT2D eigenvalue weighted by molar-refractivity contribution is 5.94. The number of pyridine rings is 1. The van der Waals surface area contributed by atoms with Gasteiger partial charge in [0, 0.05) is 30.9 Å². The monoisotopic (exact) mass is 298 g/mol. The largest absolute Gasteiger partial charge is 0.358 e. The lowest BCUT2D eigenvalue weighted by Gasteiger charge is -2.39. The molecule has 1 saturated heterocycles. The number of nitrogens with zero attached hydrogens (tertiary/aromatic N) is 3. The molecule has 1 aliphatic rings. The standard InChI is InChI=1S/C15H14N4O3/c20-15(11-5-2-1-3-6-11)18-9-12(10-18)17-14-13(19(21)22)7-4-8-16-14/h1-8,12H,9-10H2,(H,16,17). The molecule has 2 aromatic rings. The molecule has 1 N–H and O–H groups in total. The summed E-state index contributed by atoms with van der Waals surface area (Å²) in [6, 6.07) is 11.9. The van der Waals surface area contributed by atoms with E-state index < -0.39 is 4.92 Å². The second-order valence-corrected chi connectivity index (χ2v) is 5.05. The van der Waals surface area contributed by atoms with Crippen LogP contribution in [0.25, 0.3) is 0 Å². The van der Waals surface area contributed by atoms with Crippen LogP contribution in [0.2, 0.25) is 0 Å². The molecule has 0 atom stereocenters. The van der Waals surface area contributed by atoms with Gasteiger partial charge >= 0.3 is 5.69 Å². The average molecular weight is 298 g/mol. The smallest absolute Gasteiger partial charge is 0.311 e. The van der Waals surface area contributed by atoms with E-state index in [1.807, 2.05) is 18.2 Å². The first kappa shape index (κ1) is 14.0. The lowest BCUT2D eigenvalue weighted by Crippen LogP contribution is -2.57. The van der Waals surface area contributed by atoms with Gasteiger partial charge in [-0.2, -0.15) is 0 Å². The first-order valence-electron chi connectivity index (χ1n) is 6.85. The van der Waals surface area contributed by atoms with Crippen LogP contribution in [0.15, 0.2) is 48.7 Å². The number of anilines is 1. The fourth-order valence-electron chi connectivity index (χ4n) is 2.35. The predicted molar refractivity (Wildman–Crippen MR) is 80.6 cm³/mol. The molecule has 2 heterocycles. The summed E-state index contributed by atoms with van der Waals surface area (Å²) < 4.78 is 0. The maximum atomic E-state index is 12.2. The lowest BCUT2D eigenvalue weighted by molar-refractivity contribution is -0.384. The summed E-state index contributed by atoms with van der Waals surface area (Å²) in [4.78, 5) is 28.3. The van der Waals surface area contributed by atoms with Crippen molar-refractivity contribution < 1.29 is 9.72 Å². The van der Waals surface area contributed by atoms with E-state index in [9.17, 15) is 14.9 Å². The summed E-state index contributed by atoms with van der Waals surface area (Å²) in [5.41, 5.74) is 0.583.